The second-order valence-electron chi connectivity index (χ2n) is 3.20. The molecule has 0 bridgehead atoms. The number of hydrogen-bond donors (Lipinski definition) is 0. The minimum Gasteiger partial charge on any atom is -0.247 e. The maximum Gasteiger partial charge on any atom is 0.340 e. The molecule has 6 nitrogen and oxygen atoms in total. The van der Waals surface area contributed by atoms with E-state index in [1.54, 1.807) is 0 Å². The van der Waals surface area contributed by atoms with Crippen LogP contribution in [0.1, 0.15) is 0 Å². The summed E-state index contributed by atoms with van der Waals surface area (Å²) < 4.78 is 2.58. The smallest absolute Gasteiger partial charge is 0.247 e. The fraction of sp³-hybridized carbons (Fsp3) is 0.182. The number of rotatable bonds is 5. The second-order valence-corrected chi connectivity index (χ2v) is 3.20. The summed E-state index contributed by atoms with van der Waals surface area (Å²) in [5, 5.41) is 0. The number of aromatic nitrogens is 3. The lowest BCUT2D eigenvalue weighted by molar-refractivity contribution is 0.548. The summed E-state index contributed by atoms with van der Waals surface area (Å²) >= 11 is 0. The first-order valence-electron chi connectivity index (χ1n) is 4.89. The number of allylic oxidation sites excluding steroid dienone is 2. The van der Waals surface area contributed by atoms with Crippen molar-refractivity contribution in [3.05, 3.63) is 63.3 Å². The first-order valence-corrected chi connectivity index (χ1v) is 4.89. The van der Waals surface area contributed by atoms with Gasteiger partial charge in [0.2, 0.25) is 0 Å². The van der Waals surface area contributed by atoms with Crippen LogP contribution in [0.4, 0.5) is 0 Å². The van der Waals surface area contributed by atoms with Crippen molar-refractivity contribution in [3.63, 3.8) is 0 Å². The summed E-state index contributed by atoms with van der Waals surface area (Å²) in [4.78, 5) is 35.4. The topological polar surface area (TPSA) is 66.0 Å². The van der Waals surface area contributed by atoms with Gasteiger partial charge in [0.1, 0.15) is 0 Å². The van der Waals surface area contributed by atoms with Gasteiger partial charge in [-0.2, -0.15) is 0 Å². The Hall–Kier alpha value is -2.37. The highest BCUT2D eigenvalue weighted by Gasteiger charge is 2.11. The lowest BCUT2D eigenvalue weighted by Crippen LogP contribution is -2.52. The highest BCUT2D eigenvalue weighted by molar-refractivity contribution is 5.14. The van der Waals surface area contributed by atoms with Gasteiger partial charge in [0.15, 0.2) is 0 Å². The van der Waals surface area contributed by atoms with Crippen LogP contribution in [0.2, 0.25) is 0 Å². The molecule has 0 amide bonds. The average molecular weight is 235 g/mol. The highest BCUT2D eigenvalue weighted by atomic mass is 16.2. The first kappa shape index (κ1) is 12.7. The van der Waals surface area contributed by atoms with Crippen LogP contribution in [-0.4, -0.2) is 13.7 Å². The van der Waals surface area contributed by atoms with Crippen molar-refractivity contribution in [3.8, 4) is 0 Å². The van der Waals surface area contributed by atoms with Gasteiger partial charge in [-0.1, -0.05) is 18.7 Å². The Kier molecular flexibility index (Phi) is 3.82. The number of nitrogens with zero attached hydrogens (tertiary/aromatic N) is 3. The van der Waals surface area contributed by atoms with E-state index in [2.05, 4.69) is 19.7 Å². The van der Waals surface area contributed by atoms with Crippen LogP contribution < -0.4 is 17.1 Å². The van der Waals surface area contributed by atoms with Gasteiger partial charge in [-0.3, -0.25) is 0 Å². The lowest BCUT2D eigenvalue weighted by Gasteiger charge is -2.08. The lowest BCUT2D eigenvalue weighted by atomic mass is 10.5. The maximum atomic E-state index is 11.8. The molecule has 0 fully saturated rings. The van der Waals surface area contributed by atoms with E-state index in [1.807, 2.05) is 0 Å². The van der Waals surface area contributed by atoms with E-state index in [0.29, 0.717) is 0 Å². The zero-order valence-corrected chi connectivity index (χ0v) is 9.33. The third-order valence-electron chi connectivity index (χ3n) is 2.14. The van der Waals surface area contributed by atoms with Crippen LogP contribution in [0, 0.1) is 0 Å². The standard InChI is InChI=1S/C11H13N3O3/c1-4-7-13-9(15)12(6-3)10(16)14(8-5-2)11(13)17/h4-6H,1-3,7-8H2. The molecule has 90 valence electrons. The van der Waals surface area contributed by atoms with Crippen molar-refractivity contribution >= 4 is 6.20 Å². The molecular formula is C11H13N3O3. The highest BCUT2D eigenvalue weighted by Crippen LogP contribution is 1.78. The Morgan fingerprint density at radius 1 is 0.824 bits per heavy atom. The monoisotopic (exact) mass is 235 g/mol. The van der Waals surface area contributed by atoms with Gasteiger partial charge in [0.25, 0.3) is 0 Å². The van der Waals surface area contributed by atoms with Crippen LogP contribution in [0.15, 0.2) is 46.3 Å². The van der Waals surface area contributed by atoms with Crippen molar-refractivity contribution in [1.82, 2.24) is 13.7 Å². The molecule has 0 N–H and O–H groups in total. The molecule has 6 heteroatoms. The SMILES string of the molecule is C=CCn1c(=O)n(C=C)c(=O)n(CC=C)c1=O. The van der Waals surface area contributed by atoms with Crippen LogP contribution in [0.25, 0.3) is 6.20 Å². The van der Waals surface area contributed by atoms with E-state index in [9.17, 15) is 14.4 Å². The van der Waals surface area contributed by atoms with Crippen LogP contribution in [-0.2, 0) is 13.1 Å². The third-order valence-corrected chi connectivity index (χ3v) is 2.14. The molecule has 0 saturated carbocycles. The molecule has 0 aliphatic rings. The molecule has 0 aliphatic heterocycles. The molecule has 0 saturated heterocycles. The van der Waals surface area contributed by atoms with Gasteiger partial charge in [0, 0.05) is 6.20 Å². The Labute approximate surface area is 97.1 Å². The quantitative estimate of drug-likeness (QED) is 0.655. The molecule has 0 aromatic carbocycles. The van der Waals surface area contributed by atoms with E-state index in [1.165, 1.54) is 12.2 Å². The van der Waals surface area contributed by atoms with Crippen LogP contribution >= 0.6 is 0 Å². The van der Waals surface area contributed by atoms with Crippen molar-refractivity contribution in [2.75, 3.05) is 0 Å². The second kappa shape index (κ2) is 5.11. The normalized spacial score (nSPS) is 9.88. The molecule has 1 aromatic rings. The van der Waals surface area contributed by atoms with Gasteiger partial charge < -0.3 is 0 Å². The van der Waals surface area contributed by atoms with Crippen molar-refractivity contribution in [2.45, 2.75) is 13.1 Å². The van der Waals surface area contributed by atoms with Crippen molar-refractivity contribution < 1.29 is 0 Å². The largest absolute Gasteiger partial charge is 0.340 e. The minimum absolute atomic E-state index is 0.0307. The average Bonchev–Trinajstić information content (AvgIpc) is 2.31. The summed E-state index contributed by atoms with van der Waals surface area (Å²) in [6.07, 6.45) is 3.88. The summed E-state index contributed by atoms with van der Waals surface area (Å²) in [7, 11) is 0. The summed E-state index contributed by atoms with van der Waals surface area (Å²) in [6, 6.07) is 0. The van der Waals surface area contributed by atoms with Gasteiger partial charge in [0.05, 0.1) is 13.1 Å². The Balaban J connectivity index is 3.81. The van der Waals surface area contributed by atoms with Gasteiger partial charge in [-0.05, 0) is 0 Å². The maximum absolute atomic E-state index is 11.8. The van der Waals surface area contributed by atoms with E-state index < -0.39 is 17.1 Å². The van der Waals surface area contributed by atoms with E-state index in [-0.39, 0.29) is 13.1 Å². The molecule has 0 spiro atoms. The van der Waals surface area contributed by atoms with E-state index in [0.717, 1.165) is 19.9 Å². The fourth-order valence-electron chi connectivity index (χ4n) is 1.38. The molecule has 0 radical (unpaired) electrons. The predicted molar refractivity (Wildman–Crippen MR) is 66.0 cm³/mol. The van der Waals surface area contributed by atoms with E-state index >= 15 is 0 Å². The molecule has 0 aliphatic carbocycles. The fourth-order valence-corrected chi connectivity index (χ4v) is 1.38. The van der Waals surface area contributed by atoms with Crippen LogP contribution in [0.3, 0.4) is 0 Å². The van der Waals surface area contributed by atoms with Gasteiger partial charge in [-0.15, -0.1) is 13.2 Å². The summed E-state index contributed by atoms with van der Waals surface area (Å²) in [6.45, 7) is 10.3. The molecule has 0 atom stereocenters. The zero-order chi connectivity index (χ0) is 13.0. The Morgan fingerprint density at radius 2 is 1.24 bits per heavy atom. The molecule has 1 aromatic heterocycles. The molecule has 0 unspecified atom stereocenters. The minimum atomic E-state index is -0.727. The van der Waals surface area contributed by atoms with Gasteiger partial charge >= 0.3 is 17.1 Å². The summed E-state index contributed by atoms with van der Waals surface area (Å²) in [5.74, 6) is 0. The Bertz CT molecular complexity index is 583. The molecule has 17 heavy (non-hydrogen) atoms. The number of hydrogen-bond acceptors (Lipinski definition) is 3. The van der Waals surface area contributed by atoms with Crippen molar-refractivity contribution in [1.29, 1.82) is 0 Å². The zero-order valence-electron chi connectivity index (χ0n) is 9.33. The van der Waals surface area contributed by atoms with Crippen LogP contribution in [0.5, 0.6) is 0 Å². The Morgan fingerprint density at radius 3 is 1.53 bits per heavy atom. The van der Waals surface area contributed by atoms with E-state index in [4.69, 9.17) is 0 Å². The van der Waals surface area contributed by atoms with Gasteiger partial charge in [-0.25, -0.2) is 28.1 Å². The first-order chi connectivity index (χ1) is 8.08. The molecular weight excluding hydrogens is 222 g/mol. The molecule has 1 heterocycles. The summed E-state index contributed by atoms with van der Waals surface area (Å²) in [5.41, 5.74) is -2.14. The third kappa shape index (κ3) is 2.10. The van der Waals surface area contributed by atoms with Crippen molar-refractivity contribution in [2.24, 2.45) is 0 Å². The predicted octanol–water partition coefficient (Wildman–Crippen LogP) is -0.356. The molecule has 1 rings (SSSR count).